The Morgan fingerprint density at radius 1 is 1.56 bits per heavy atom. The molecule has 5 nitrogen and oxygen atoms in total. The van der Waals surface area contributed by atoms with Crippen molar-refractivity contribution in [1.29, 1.82) is 0 Å². The standard InChI is InChI=1S/C11H15N3O2/c1-4-7-5-12-14-9(7)13-10(15)8(6(2)3)11(14)16/h5-6,16H,4H2,1-3H3,(H,13,15). The van der Waals surface area contributed by atoms with Crippen molar-refractivity contribution in [2.24, 2.45) is 0 Å². The van der Waals surface area contributed by atoms with E-state index in [1.165, 1.54) is 4.52 Å². The molecule has 0 aliphatic heterocycles. The summed E-state index contributed by atoms with van der Waals surface area (Å²) < 4.78 is 1.38. The number of nitrogens with one attached hydrogen (secondary N) is 1. The van der Waals surface area contributed by atoms with Crippen LogP contribution in [0.4, 0.5) is 0 Å². The van der Waals surface area contributed by atoms with Gasteiger partial charge in [0.15, 0.2) is 0 Å². The van der Waals surface area contributed by atoms with Crippen molar-refractivity contribution >= 4 is 5.65 Å². The first-order valence-corrected chi connectivity index (χ1v) is 5.38. The Balaban J connectivity index is 2.85. The summed E-state index contributed by atoms with van der Waals surface area (Å²) in [5.41, 5.74) is 1.63. The third-order valence-electron chi connectivity index (χ3n) is 2.72. The van der Waals surface area contributed by atoms with Gasteiger partial charge in [-0.2, -0.15) is 9.61 Å². The quantitative estimate of drug-likeness (QED) is 0.805. The fourth-order valence-electron chi connectivity index (χ4n) is 1.85. The highest BCUT2D eigenvalue weighted by atomic mass is 16.3. The predicted molar refractivity (Wildman–Crippen MR) is 60.9 cm³/mol. The Labute approximate surface area is 92.7 Å². The first-order valence-electron chi connectivity index (χ1n) is 5.38. The van der Waals surface area contributed by atoms with Gasteiger partial charge in [0.05, 0.1) is 11.8 Å². The van der Waals surface area contributed by atoms with E-state index >= 15 is 0 Å². The van der Waals surface area contributed by atoms with Crippen molar-refractivity contribution in [3.8, 4) is 5.88 Å². The molecule has 0 amide bonds. The monoisotopic (exact) mass is 221 g/mol. The van der Waals surface area contributed by atoms with E-state index in [0.717, 1.165) is 12.0 Å². The topological polar surface area (TPSA) is 70.4 Å². The van der Waals surface area contributed by atoms with E-state index in [1.54, 1.807) is 6.20 Å². The van der Waals surface area contributed by atoms with Gasteiger partial charge in [-0.15, -0.1) is 0 Å². The second-order valence-electron chi connectivity index (χ2n) is 4.13. The molecule has 2 aromatic rings. The van der Waals surface area contributed by atoms with Gasteiger partial charge in [-0.1, -0.05) is 20.8 Å². The van der Waals surface area contributed by atoms with E-state index in [2.05, 4.69) is 10.1 Å². The Morgan fingerprint density at radius 2 is 2.25 bits per heavy atom. The van der Waals surface area contributed by atoms with Crippen LogP contribution in [0.5, 0.6) is 5.88 Å². The Morgan fingerprint density at radius 3 is 2.81 bits per heavy atom. The number of H-pyrrole nitrogens is 1. The minimum atomic E-state index is -0.241. The van der Waals surface area contributed by atoms with Crippen molar-refractivity contribution in [2.75, 3.05) is 0 Å². The Hall–Kier alpha value is -1.78. The van der Waals surface area contributed by atoms with Crippen molar-refractivity contribution in [2.45, 2.75) is 33.1 Å². The van der Waals surface area contributed by atoms with Crippen LogP contribution in [-0.2, 0) is 6.42 Å². The van der Waals surface area contributed by atoms with Gasteiger partial charge in [0.2, 0.25) is 5.88 Å². The lowest BCUT2D eigenvalue weighted by atomic mass is 10.1. The van der Waals surface area contributed by atoms with Gasteiger partial charge >= 0.3 is 0 Å². The molecule has 5 heteroatoms. The lowest BCUT2D eigenvalue weighted by molar-refractivity contribution is 0.423. The minimum absolute atomic E-state index is 0.0394. The molecule has 0 aromatic carbocycles. The maximum atomic E-state index is 11.8. The number of aromatic nitrogens is 3. The SMILES string of the molecule is CCc1cnn2c(O)c(C(C)C)c(=O)[nH]c12. The van der Waals surface area contributed by atoms with E-state index in [-0.39, 0.29) is 17.4 Å². The van der Waals surface area contributed by atoms with Gasteiger partial charge < -0.3 is 10.1 Å². The van der Waals surface area contributed by atoms with Crippen LogP contribution in [-0.4, -0.2) is 19.7 Å². The molecule has 2 N–H and O–H groups in total. The zero-order valence-corrected chi connectivity index (χ0v) is 9.61. The highest BCUT2D eigenvalue weighted by Crippen LogP contribution is 2.22. The smallest absolute Gasteiger partial charge is 0.258 e. The third kappa shape index (κ3) is 1.39. The molecule has 0 fully saturated rings. The first-order chi connectivity index (χ1) is 7.56. The number of aryl methyl sites for hydroxylation is 1. The molecule has 2 rings (SSSR count). The molecule has 0 bridgehead atoms. The van der Waals surface area contributed by atoms with Crippen molar-refractivity contribution < 1.29 is 5.11 Å². The van der Waals surface area contributed by atoms with Crippen LogP contribution < -0.4 is 5.56 Å². The zero-order valence-electron chi connectivity index (χ0n) is 9.61. The van der Waals surface area contributed by atoms with Crippen LogP contribution in [0.1, 0.15) is 37.8 Å². The van der Waals surface area contributed by atoms with Crippen LogP contribution in [0, 0.1) is 0 Å². The molecular formula is C11H15N3O2. The van der Waals surface area contributed by atoms with E-state index in [4.69, 9.17) is 0 Å². The summed E-state index contributed by atoms with van der Waals surface area (Å²) in [7, 11) is 0. The molecule has 2 aromatic heterocycles. The number of hydrogen-bond acceptors (Lipinski definition) is 3. The lowest BCUT2D eigenvalue weighted by Gasteiger charge is -2.08. The summed E-state index contributed by atoms with van der Waals surface area (Å²) in [6, 6.07) is 0. The highest BCUT2D eigenvalue weighted by Gasteiger charge is 2.17. The van der Waals surface area contributed by atoms with Gasteiger partial charge in [-0.05, 0) is 12.3 Å². The Kier molecular flexibility index (Phi) is 2.46. The summed E-state index contributed by atoms with van der Waals surface area (Å²) in [6.45, 7) is 5.70. The van der Waals surface area contributed by atoms with Crippen LogP contribution in [0.2, 0.25) is 0 Å². The maximum absolute atomic E-state index is 11.8. The number of hydrogen-bond donors (Lipinski definition) is 2. The van der Waals surface area contributed by atoms with Crippen molar-refractivity contribution in [1.82, 2.24) is 14.6 Å². The normalized spacial score (nSPS) is 11.5. The van der Waals surface area contributed by atoms with Crippen LogP contribution in [0.25, 0.3) is 5.65 Å². The first kappa shape index (κ1) is 10.7. The van der Waals surface area contributed by atoms with Crippen molar-refractivity contribution in [3.63, 3.8) is 0 Å². The second-order valence-corrected chi connectivity index (χ2v) is 4.13. The molecule has 0 atom stereocenters. The molecule has 0 saturated carbocycles. The maximum Gasteiger partial charge on any atom is 0.258 e. The van der Waals surface area contributed by atoms with Crippen LogP contribution >= 0.6 is 0 Å². The third-order valence-corrected chi connectivity index (χ3v) is 2.72. The predicted octanol–water partition coefficient (Wildman–Crippen LogP) is 1.41. The van der Waals surface area contributed by atoms with Crippen LogP contribution in [0.15, 0.2) is 11.0 Å². The number of aromatic amines is 1. The lowest BCUT2D eigenvalue weighted by Crippen LogP contribution is -2.17. The van der Waals surface area contributed by atoms with Gasteiger partial charge in [0.1, 0.15) is 5.65 Å². The number of aromatic hydroxyl groups is 1. The molecule has 0 aliphatic rings. The summed E-state index contributed by atoms with van der Waals surface area (Å²) in [4.78, 5) is 14.6. The van der Waals surface area contributed by atoms with E-state index in [0.29, 0.717) is 11.2 Å². The molecule has 16 heavy (non-hydrogen) atoms. The Bertz CT molecular complexity index is 581. The number of nitrogens with zero attached hydrogens (tertiary/aromatic N) is 2. The molecule has 2 heterocycles. The summed E-state index contributed by atoms with van der Waals surface area (Å²) in [5.74, 6) is -0.101. The fraction of sp³-hybridized carbons (Fsp3) is 0.455. The molecule has 0 radical (unpaired) electrons. The molecule has 86 valence electrons. The molecular weight excluding hydrogens is 206 g/mol. The summed E-state index contributed by atoms with van der Waals surface area (Å²) in [5, 5.41) is 14.1. The minimum Gasteiger partial charge on any atom is -0.493 e. The zero-order chi connectivity index (χ0) is 11.9. The fourth-order valence-corrected chi connectivity index (χ4v) is 1.85. The average molecular weight is 221 g/mol. The van der Waals surface area contributed by atoms with E-state index < -0.39 is 0 Å². The van der Waals surface area contributed by atoms with E-state index in [9.17, 15) is 9.90 Å². The van der Waals surface area contributed by atoms with Gasteiger partial charge in [0.25, 0.3) is 5.56 Å². The molecule has 0 saturated heterocycles. The molecule has 0 unspecified atom stereocenters. The number of rotatable bonds is 2. The largest absolute Gasteiger partial charge is 0.493 e. The van der Waals surface area contributed by atoms with Crippen LogP contribution in [0.3, 0.4) is 0 Å². The molecule has 0 spiro atoms. The second kappa shape index (κ2) is 3.66. The van der Waals surface area contributed by atoms with Crippen molar-refractivity contribution in [3.05, 3.63) is 27.7 Å². The average Bonchev–Trinajstić information content (AvgIpc) is 2.60. The van der Waals surface area contributed by atoms with Gasteiger partial charge in [0, 0.05) is 5.56 Å². The highest BCUT2D eigenvalue weighted by molar-refractivity contribution is 5.49. The van der Waals surface area contributed by atoms with Gasteiger partial charge in [-0.25, -0.2) is 0 Å². The van der Waals surface area contributed by atoms with Gasteiger partial charge in [-0.3, -0.25) is 4.79 Å². The summed E-state index contributed by atoms with van der Waals surface area (Å²) in [6.07, 6.45) is 2.43. The molecule has 0 aliphatic carbocycles. The van der Waals surface area contributed by atoms with E-state index in [1.807, 2.05) is 20.8 Å². The number of fused-ring (bicyclic) bond motifs is 1. The summed E-state index contributed by atoms with van der Waals surface area (Å²) >= 11 is 0.